The summed E-state index contributed by atoms with van der Waals surface area (Å²) in [6.45, 7) is 4.83. The highest BCUT2D eigenvalue weighted by Gasteiger charge is 2.39. The van der Waals surface area contributed by atoms with E-state index in [0.29, 0.717) is 5.56 Å². The molecule has 21 heavy (non-hydrogen) atoms. The molecular formula is C18H27FN2. The smallest absolute Gasteiger partial charge is 0.126 e. The lowest BCUT2D eigenvalue weighted by molar-refractivity contribution is 0.337. The molecule has 1 aromatic carbocycles. The number of hydrogen-bond acceptors (Lipinski definition) is 2. The summed E-state index contributed by atoms with van der Waals surface area (Å²) >= 11 is 0. The van der Waals surface area contributed by atoms with Crippen LogP contribution in [-0.2, 0) is 0 Å². The first-order chi connectivity index (χ1) is 9.95. The van der Waals surface area contributed by atoms with E-state index in [9.17, 15) is 4.39 Å². The van der Waals surface area contributed by atoms with E-state index in [-0.39, 0.29) is 11.9 Å². The zero-order valence-corrected chi connectivity index (χ0v) is 13.4. The van der Waals surface area contributed by atoms with Crippen LogP contribution in [0.4, 0.5) is 10.1 Å². The lowest BCUT2D eigenvalue weighted by Crippen LogP contribution is -2.30. The van der Waals surface area contributed by atoms with E-state index in [1.165, 1.54) is 25.7 Å². The highest BCUT2D eigenvalue weighted by atomic mass is 19.1. The Morgan fingerprint density at radius 1 is 1.33 bits per heavy atom. The molecule has 0 heterocycles. The summed E-state index contributed by atoms with van der Waals surface area (Å²) in [7, 11) is 2.13. The molecule has 2 bridgehead atoms. The van der Waals surface area contributed by atoms with Crippen molar-refractivity contribution >= 4 is 5.69 Å². The maximum atomic E-state index is 13.8. The Bertz CT molecular complexity index is 526. The number of rotatable bonds is 4. The molecule has 2 saturated carbocycles. The average molecular weight is 290 g/mol. The first kappa shape index (κ1) is 14.8. The summed E-state index contributed by atoms with van der Waals surface area (Å²) in [4.78, 5) is 2.30. The molecule has 0 saturated heterocycles. The minimum atomic E-state index is -0.153. The molecule has 1 aromatic rings. The summed E-state index contributed by atoms with van der Waals surface area (Å²) < 4.78 is 13.8. The zero-order chi connectivity index (χ0) is 15.1. The van der Waals surface area contributed by atoms with Crippen LogP contribution >= 0.6 is 0 Å². The summed E-state index contributed by atoms with van der Waals surface area (Å²) in [6, 6.07) is 3.44. The molecule has 2 fully saturated rings. The quantitative estimate of drug-likeness (QED) is 0.907. The zero-order valence-electron chi connectivity index (χ0n) is 13.4. The van der Waals surface area contributed by atoms with Gasteiger partial charge in [-0.2, -0.15) is 0 Å². The van der Waals surface area contributed by atoms with Crippen LogP contribution in [0.2, 0.25) is 0 Å². The number of nitrogens with zero attached hydrogens (tertiary/aromatic N) is 1. The van der Waals surface area contributed by atoms with Gasteiger partial charge in [0.05, 0.1) is 0 Å². The third-order valence-electron chi connectivity index (χ3n) is 5.60. The Hall–Kier alpha value is -1.09. The van der Waals surface area contributed by atoms with E-state index < -0.39 is 0 Å². The molecule has 2 N–H and O–H groups in total. The Morgan fingerprint density at radius 2 is 2.10 bits per heavy atom. The fraction of sp³-hybridized carbons (Fsp3) is 0.667. The molecule has 0 aromatic heterocycles. The van der Waals surface area contributed by atoms with Crippen molar-refractivity contribution in [2.24, 2.45) is 23.5 Å². The van der Waals surface area contributed by atoms with Crippen LogP contribution in [0.5, 0.6) is 0 Å². The molecular weight excluding hydrogens is 263 g/mol. The second kappa shape index (κ2) is 5.60. The van der Waals surface area contributed by atoms with Gasteiger partial charge in [0.15, 0.2) is 0 Å². The van der Waals surface area contributed by atoms with Gasteiger partial charge >= 0.3 is 0 Å². The van der Waals surface area contributed by atoms with Gasteiger partial charge in [-0.3, -0.25) is 0 Å². The van der Waals surface area contributed by atoms with Gasteiger partial charge in [0.2, 0.25) is 0 Å². The second-order valence-electron chi connectivity index (χ2n) is 7.26. The van der Waals surface area contributed by atoms with Crippen LogP contribution in [-0.4, -0.2) is 13.6 Å². The van der Waals surface area contributed by atoms with E-state index in [2.05, 4.69) is 11.9 Å². The predicted octanol–water partition coefficient (Wildman–Crippen LogP) is 4.03. The number of nitrogens with two attached hydrogens (primary N) is 1. The molecule has 0 aliphatic heterocycles. The first-order valence-corrected chi connectivity index (χ1v) is 8.22. The van der Waals surface area contributed by atoms with Crippen molar-refractivity contribution in [2.75, 3.05) is 18.5 Å². The van der Waals surface area contributed by atoms with E-state index >= 15 is 0 Å². The number of hydrogen-bond donors (Lipinski definition) is 1. The molecule has 116 valence electrons. The lowest BCUT2D eigenvalue weighted by Gasteiger charge is -2.31. The normalized spacial score (nSPS) is 28.9. The first-order valence-electron chi connectivity index (χ1n) is 8.22. The minimum Gasteiger partial charge on any atom is -0.374 e. The number of fused-ring (bicyclic) bond motifs is 2. The minimum absolute atomic E-state index is 0.141. The second-order valence-corrected chi connectivity index (χ2v) is 7.26. The monoisotopic (exact) mass is 290 g/mol. The molecule has 2 nitrogen and oxygen atoms in total. The van der Waals surface area contributed by atoms with Gasteiger partial charge in [-0.25, -0.2) is 4.39 Å². The molecule has 0 amide bonds. The molecule has 3 unspecified atom stereocenters. The Labute approximate surface area is 127 Å². The Kier molecular flexibility index (Phi) is 3.96. The van der Waals surface area contributed by atoms with Crippen molar-refractivity contribution in [2.45, 2.75) is 45.6 Å². The van der Waals surface area contributed by atoms with Crippen molar-refractivity contribution in [3.05, 3.63) is 29.1 Å². The summed E-state index contributed by atoms with van der Waals surface area (Å²) in [5.41, 5.74) is 8.77. The topological polar surface area (TPSA) is 29.3 Å². The van der Waals surface area contributed by atoms with Crippen LogP contribution in [0.15, 0.2) is 12.1 Å². The van der Waals surface area contributed by atoms with E-state index in [0.717, 1.165) is 35.5 Å². The van der Waals surface area contributed by atoms with Gasteiger partial charge in [-0.1, -0.05) is 6.42 Å². The standard InChI is InChI=1S/C18H27FN2/c1-11-6-18(16(12(2)20)9-17(11)19)21(3)10-15-8-13-4-5-14(15)7-13/h6,9,12-15H,4-5,7-8,10,20H2,1-3H3/t12-,13?,14?,15?/m1/s1. The van der Waals surface area contributed by atoms with Crippen LogP contribution in [0.1, 0.15) is 49.8 Å². The third-order valence-corrected chi connectivity index (χ3v) is 5.60. The van der Waals surface area contributed by atoms with E-state index in [1.807, 2.05) is 19.9 Å². The van der Waals surface area contributed by atoms with Gasteiger partial charge in [-0.05, 0) is 74.1 Å². The Balaban J connectivity index is 1.80. The predicted molar refractivity (Wildman–Crippen MR) is 85.9 cm³/mol. The summed E-state index contributed by atoms with van der Waals surface area (Å²) in [5, 5.41) is 0. The summed E-state index contributed by atoms with van der Waals surface area (Å²) in [5.74, 6) is 2.54. The number of anilines is 1. The Morgan fingerprint density at radius 3 is 2.67 bits per heavy atom. The maximum Gasteiger partial charge on any atom is 0.126 e. The number of aryl methyl sites for hydroxylation is 1. The maximum absolute atomic E-state index is 13.8. The van der Waals surface area contributed by atoms with Crippen LogP contribution < -0.4 is 10.6 Å². The number of benzene rings is 1. The van der Waals surface area contributed by atoms with Crippen molar-refractivity contribution in [3.8, 4) is 0 Å². The SMILES string of the molecule is Cc1cc(N(C)CC2CC3CCC2C3)c([C@@H](C)N)cc1F. The molecule has 2 aliphatic carbocycles. The van der Waals surface area contributed by atoms with Gasteiger partial charge in [0, 0.05) is 25.3 Å². The molecule has 0 spiro atoms. The van der Waals surface area contributed by atoms with Crippen LogP contribution in [0.3, 0.4) is 0 Å². The fourth-order valence-electron chi connectivity index (χ4n) is 4.43. The largest absolute Gasteiger partial charge is 0.374 e. The van der Waals surface area contributed by atoms with E-state index in [1.54, 1.807) is 6.07 Å². The van der Waals surface area contributed by atoms with Crippen LogP contribution in [0.25, 0.3) is 0 Å². The molecule has 0 radical (unpaired) electrons. The van der Waals surface area contributed by atoms with Crippen molar-refractivity contribution < 1.29 is 4.39 Å². The van der Waals surface area contributed by atoms with E-state index in [4.69, 9.17) is 5.73 Å². The van der Waals surface area contributed by atoms with Gasteiger partial charge in [-0.15, -0.1) is 0 Å². The van der Waals surface area contributed by atoms with Crippen molar-refractivity contribution in [1.29, 1.82) is 0 Å². The van der Waals surface area contributed by atoms with Crippen molar-refractivity contribution in [3.63, 3.8) is 0 Å². The third kappa shape index (κ3) is 2.80. The molecule has 3 heteroatoms. The number of halogens is 1. The average Bonchev–Trinajstić information content (AvgIpc) is 3.03. The highest BCUT2D eigenvalue weighted by Crippen LogP contribution is 2.48. The highest BCUT2D eigenvalue weighted by molar-refractivity contribution is 5.56. The van der Waals surface area contributed by atoms with Gasteiger partial charge in [0.25, 0.3) is 0 Å². The molecule has 4 atom stereocenters. The van der Waals surface area contributed by atoms with Crippen LogP contribution in [0, 0.1) is 30.5 Å². The molecule has 3 rings (SSSR count). The van der Waals surface area contributed by atoms with Crippen molar-refractivity contribution in [1.82, 2.24) is 0 Å². The fourth-order valence-corrected chi connectivity index (χ4v) is 4.43. The lowest BCUT2D eigenvalue weighted by atomic mass is 9.88. The van der Waals surface area contributed by atoms with Gasteiger partial charge in [0.1, 0.15) is 5.82 Å². The molecule has 2 aliphatic rings. The summed E-state index contributed by atoms with van der Waals surface area (Å²) in [6.07, 6.45) is 5.65. The van der Waals surface area contributed by atoms with Gasteiger partial charge < -0.3 is 10.6 Å².